The van der Waals surface area contributed by atoms with Crippen molar-refractivity contribution in [2.45, 2.75) is 52.7 Å². The van der Waals surface area contributed by atoms with Crippen LogP contribution in [0, 0.1) is 5.92 Å². The van der Waals surface area contributed by atoms with Crippen LogP contribution in [-0.2, 0) is 33.1 Å². The second-order valence-electron chi connectivity index (χ2n) is 10.4. The van der Waals surface area contributed by atoms with Gasteiger partial charge in [-0.05, 0) is 48.5 Å². The highest BCUT2D eigenvalue weighted by Gasteiger charge is 2.22. The van der Waals surface area contributed by atoms with Gasteiger partial charge in [-0.25, -0.2) is 4.79 Å². The molecule has 0 aliphatic carbocycles. The Kier molecular flexibility index (Phi) is 6.92. The molecule has 0 spiro atoms. The number of hydrogen-bond donors (Lipinski definition) is 0. The Labute approximate surface area is 211 Å². The van der Waals surface area contributed by atoms with E-state index in [4.69, 9.17) is 5.10 Å². The summed E-state index contributed by atoms with van der Waals surface area (Å²) in [5.41, 5.74) is 4.27. The largest absolute Gasteiger partial charge is 0.332 e. The molecule has 0 radical (unpaired) electrons. The van der Waals surface area contributed by atoms with Gasteiger partial charge in [0.1, 0.15) is 5.39 Å². The van der Waals surface area contributed by atoms with Gasteiger partial charge in [-0.3, -0.25) is 23.5 Å². The highest BCUT2D eigenvalue weighted by atomic mass is 16.2. The lowest BCUT2D eigenvalue weighted by atomic mass is 10.1. The summed E-state index contributed by atoms with van der Waals surface area (Å²) in [7, 11) is 1.56. The van der Waals surface area contributed by atoms with Gasteiger partial charge in [0.15, 0.2) is 5.65 Å². The van der Waals surface area contributed by atoms with E-state index >= 15 is 0 Å². The van der Waals surface area contributed by atoms with Gasteiger partial charge < -0.3 is 0 Å². The van der Waals surface area contributed by atoms with Gasteiger partial charge in [0.25, 0.3) is 5.56 Å². The number of rotatable bonds is 8. The van der Waals surface area contributed by atoms with Crippen LogP contribution in [0.1, 0.15) is 49.1 Å². The summed E-state index contributed by atoms with van der Waals surface area (Å²) >= 11 is 0. The molecule has 5 rings (SSSR count). The van der Waals surface area contributed by atoms with Crippen molar-refractivity contribution in [2.24, 2.45) is 13.0 Å². The molecule has 1 aliphatic rings. The van der Waals surface area contributed by atoms with Crippen molar-refractivity contribution >= 4 is 11.0 Å². The molecule has 1 aliphatic heterocycles. The number of nitrogens with zero attached hydrogens (tertiary/aromatic N) is 5. The summed E-state index contributed by atoms with van der Waals surface area (Å²) in [5.74, 6) is 0.244. The lowest BCUT2D eigenvalue weighted by molar-refractivity contribution is 0.331. The molecule has 0 N–H and O–H groups in total. The Morgan fingerprint density at radius 1 is 0.889 bits per heavy atom. The van der Waals surface area contributed by atoms with Crippen molar-refractivity contribution in [3.8, 4) is 0 Å². The first kappa shape index (κ1) is 24.3. The van der Waals surface area contributed by atoms with Crippen LogP contribution in [-0.4, -0.2) is 36.9 Å². The first-order valence-electron chi connectivity index (χ1n) is 12.9. The second-order valence-corrected chi connectivity index (χ2v) is 10.4. The van der Waals surface area contributed by atoms with Crippen LogP contribution in [0.25, 0.3) is 11.0 Å². The highest BCUT2D eigenvalue weighted by molar-refractivity contribution is 5.78. The normalized spacial score (nSPS) is 14.3. The first-order chi connectivity index (χ1) is 17.4. The SMILES string of the molecule is CC(C)Cn1c(=O)n(C)c(=O)c2c(Cc3ccccc3)n(Cc3cccc(CN4CCCC4)c3)nc21. The quantitative estimate of drug-likeness (QED) is 0.381. The molecule has 2 aromatic heterocycles. The van der Waals surface area contributed by atoms with Gasteiger partial charge >= 0.3 is 5.69 Å². The fourth-order valence-electron chi connectivity index (χ4n) is 5.24. The maximum absolute atomic E-state index is 13.4. The molecular formula is C29H35N5O2. The molecule has 0 unspecified atom stereocenters. The molecule has 0 bridgehead atoms. The minimum Gasteiger partial charge on any atom is -0.299 e. The molecule has 4 aromatic rings. The van der Waals surface area contributed by atoms with E-state index in [1.807, 2.05) is 22.9 Å². The smallest absolute Gasteiger partial charge is 0.299 e. The molecule has 188 valence electrons. The summed E-state index contributed by atoms with van der Waals surface area (Å²) in [4.78, 5) is 29.0. The summed E-state index contributed by atoms with van der Waals surface area (Å²) in [5, 5.41) is 5.45. The molecule has 36 heavy (non-hydrogen) atoms. The van der Waals surface area contributed by atoms with Gasteiger partial charge in [0.2, 0.25) is 0 Å². The van der Waals surface area contributed by atoms with E-state index in [0.29, 0.717) is 30.5 Å². The monoisotopic (exact) mass is 485 g/mol. The zero-order valence-corrected chi connectivity index (χ0v) is 21.5. The zero-order chi connectivity index (χ0) is 25.2. The lowest BCUT2D eigenvalue weighted by Gasteiger charge is -2.15. The van der Waals surface area contributed by atoms with Crippen molar-refractivity contribution in [1.29, 1.82) is 0 Å². The van der Waals surface area contributed by atoms with E-state index in [0.717, 1.165) is 36.5 Å². The summed E-state index contributed by atoms with van der Waals surface area (Å²) in [6, 6.07) is 18.8. The van der Waals surface area contributed by atoms with Crippen molar-refractivity contribution in [2.75, 3.05) is 13.1 Å². The summed E-state index contributed by atoms with van der Waals surface area (Å²) < 4.78 is 4.82. The van der Waals surface area contributed by atoms with Gasteiger partial charge in [-0.1, -0.05) is 68.4 Å². The predicted octanol–water partition coefficient (Wildman–Crippen LogP) is 3.79. The van der Waals surface area contributed by atoms with Crippen LogP contribution in [0.2, 0.25) is 0 Å². The molecule has 1 fully saturated rings. The maximum Gasteiger partial charge on any atom is 0.332 e. The van der Waals surface area contributed by atoms with Gasteiger partial charge in [0.05, 0.1) is 12.2 Å². The fraction of sp³-hybridized carbons (Fsp3) is 0.414. The minimum atomic E-state index is -0.315. The third-order valence-electron chi connectivity index (χ3n) is 7.02. The van der Waals surface area contributed by atoms with E-state index in [2.05, 4.69) is 55.1 Å². The number of fused-ring (bicyclic) bond motifs is 1. The van der Waals surface area contributed by atoms with Crippen LogP contribution in [0.5, 0.6) is 0 Å². The van der Waals surface area contributed by atoms with E-state index in [-0.39, 0.29) is 17.2 Å². The number of likely N-dealkylation sites (tertiary alicyclic amines) is 1. The van der Waals surface area contributed by atoms with Crippen molar-refractivity contribution in [3.63, 3.8) is 0 Å². The van der Waals surface area contributed by atoms with Crippen LogP contribution in [0.3, 0.4) is 0 Å². The fourth-order valence-corrected chi connectivity index (χ4v) is 5.24. The lowest BCUT2D eigenvalue weighted by Crippen LogP contribution is -2.39. The standard InChI is InChI=1S/C29H35N5O2/c1-21(2)18-33-27-26(28(35)31(3)29(33)36)25(17-22-10-5-4-6-11-22)34(30-27)20-24-13-9-12-23(16-24)19-32-14-7-8-15-32/h4-6,9-13,16,21H,7-8,14-15,17-20H2,1-3H3. The predicted molar refractivity (Wildman–Crippen MR) is 143 cm³/mol. The van der Waals surface area contributed by atoms with Crippen LogP contribution >= 0.6 is 0 Å². The maximum atomic E-state index is 13.4. The van der Waals surface area contributed by atoms with Gasteiger partial charge in [-0.2, -0.15) is 5.10 Å². The third kappa shape index (κ3) is 4.93. The van der Waals surface area contributed by atoms with Crippen LogP contribution in [0.15, 0.2) is 64.2 Å². The molecule has 0 atom stereocenters. The topological polar surface area (TPSA) is 65.1 Å². The third-order valence-corrected chi connectivity index (χ3v) is 7.02. The molecule has 0 amide bonds. The second kappa shape index (κ2) is 10.3. The van der Waals surface area contributed by atoms with Crippen molar-refractivity contribution in [3.05, 3.63) is 97.8 Å². The summed E-state index contributed by atoms with van der Waals surface area (Å²) in [6.07, 6.45) is 3.12. The van der Waals surface area contributed by atoms with E-state index in [1.54, 1.807) is 11.6 Å². The van der Waals surface area contributed by atoms with Crippen molar-refractivity contribution in [1.82, 2.24) is 23.8 Å². The van der Waals surface area contributed by atoms with E-state index in [1.165, 1.54) is 23.0 Å². The zero-order valence-electron chi connectivity index (χ0n) is 21.5. The van der Waals surface area contributed by atoms with Crippen molar-refractivity contribution < 1.29 is 0 Å². The summed E-state index contributed by atoms with van der Waals surface area (Å²) in [6.45, 7) is 8.47. The van der Waals surface area contributed by atoms with E-state index < -0.39 is 0 Å². The number of hydrogen-bond acceptors (Lipinski definition) is 4. The average molecular weight is 486 g/mol. The average Bonchev–Trinajstić information content (AvgIpc) is 3.49. The minimum absolute atomic E-state index is 0.244. The molecule has 1 saturated heterocycles. The highest BCUT2D eigenvalue weighted by Crippen LogP contribution is 2.21. The molecule has 7 heteroatoms. The van der Waals surface area contributed by atoms with Crippen LogP contribution in [0.4, 0.5) is 0 Å². The molecule has 2 aromatic carbocycles. The molecule has 7 nitrogen and oxygen atoms in total. The Hall–Kier alpha value is -3.45. The van der Waals surface area contributed by atoms with Gasteiger partial charge in [-0.15, -0.1) is 0 Å². The Bertz CT molecular complexity index is 1470. The number of benzene rings is 2. The van der Waals surface area contributed by atoms with Gasteiger partial charge in [0, 0.05) is 26.6 Å². The first-order valence-corrected chi connectivity index (χ1v) is 12.9. The number of aromatic nitrogens is 4. The van der Waals surface area contributed by atoms with E-state index in [9.17, 15) is 9.59 Å². The Morgan fingerprint density at radius 3 is 2.25 bits per heavy atom. The molecule has 3 heterocycles. The Balaban J connectivity index is 1.62. The van der Waals surface area contributed by atoms with Crippen LogP contribution < -0.4 is 11.2 Å². The Morgan fingerprint density at radius 2 is 1.56 bits per heavy atom. The molecular weight excluding hydrogens is 450 g/mol. The molecule has 0 saturated carbocycles.